The molecule has 0 aliphatic carbocycles. The standard InChI is InChI=1S/C21H18N2OS/c1-15(2)23(21(24)18-10-8-16(13-22)9-11-18)19-12-20(25-14-19)17-6-4-3-5-7-17/h3-12,14-15H,1-2H3. The molecule has 0 fully saturated rings. The van der Waals surface area contributed by atoms with E-state index in [-0.39, 0.29) is 11.9 Å². The number of hydrogen-bond acceptors (Lipinski definition) is 3. The Kier molecular flexibility index (Phi) is 4.97. The van der Waals surface area contributed by atoms with Crippen LogP contribution in [0.15, 0.2) is 66.0 Å². The molecule has 0 spiro atoms. The number of carbonyl (C=O) groups is 1. The fourth-order valence-corrected chi connectivity index (χ4v) is 3.57. The van der Waals surface area contributed by atoms with Crippen molar-refractivity contribution < 1.29 is 4.79 Å². The second kappa shape index (κ2) is 7.33. The van der Waals surface area contributed by atoms with Crippen molar-refractivity contribution in [2.75, 3.05) is 4.90 Å². The van der Waals surface area contributed by atoms with Crippen molar-refractivity contribution in [1.82, 2.24) is 0 Å². The van der Waals surface area contributed by atoms with Crippen LogP contribution in [-0.4, -0.2) is 11.9 Å². The van der Waals surface area contributed by atoms with E-state index < -0.39 is 0 Å². The van der Waals surface area contributed by atoms with Crippen LogP contribution in [0.5, 0.6) is 0 Å². The molecule has 2 aromatic carbocycles. The fraction of sp³-hybridized carbons (Fsp3) is 0.143. The number of thiophene rings is 1. The molecule has 4 heteroatoms. The summed E-state index contributed by atoms with van der Waals surface area (Å²) in [5.41, 5.74) is 3.18. The Morgan fingerprint density at radius 2 is 1.76 bits per heavy atom. The van der Waals surface area contributed by atoms with E-state index in [9.17, 15) is 4.79 Å². The lowest BCUT2D eigenvalue weighted by Gasteiger charge is -2.25. The minimum absolute atomic E-state index is 0.0290. The summed E-state index contributed by atoms with van der Waals surface area (Å²) in [6, 6.07) is 21.1. The number of amides is 1. The zero-order chi connectivity index (χ0) is 17.8. The van der Waals surface area contributed by atoms with Gasteiger partial charge in [0.15, 0.2) is 0 Å². The van der Waals surface area contributed by atoms with Crippen LogP contribution in [0, 0.1) is 11.3 Å². The van der Waals surface area contributed by atoms with Gasteiger partial charge in [-0.1, -0.05) is 30.3 Å². The third-order valence-corrected chi connectivity index (χ3v) is 4.89. The van der Waals surface area contributed by atoms with E-state index >= 15 is 0 Å². The molecule has 0 bridgehead atoms. The van der Waals surface area contributed by atoms with Crippen LogP contribution in [0.1, 0.15) is 29.8 Å². The SMILES string of the molecule is CC(C)N(C(=O)c1ccc(C#N)cc1)c1csc(-c2ccccc2)c1. The lowest BCUT2D eigenvalue weighted by atomic mass is 10.1. The highest BCUT2D eigenvalue weighted by Gasteiger charge is 2.22. The van der Waals surface area contributed by atoms with Crippen LogP contribution in [0.25, 0.3) is 10.4 Å². The van der Waals surface area contributed by atoms with Crippen LogP contribution in [-0.2, 0) is 0 Å². The normalized spacial score (nSPS) is 10.5. The summed E-state index contributed by atoms with van der Waals surface area (Å²) in [6.07, 6.45) is 0. The lowest BCUT2D eigenvalue weighted by Crippen LogP contribution is -2.36. The molecular weight excluding hydrogens is 328 g/mol. The van der Waals surface area contributed by atoms with Gasteiger partial charge in [-0.25, -0.2) is 0 Å². The van der Waals surface area contributed by atoms with E-state index in [0.29, 0.717) is 11.1 Å². The van der Waals surface area contributed by atoms with Gasteiger partial charge in [0.2, 0.25) is 0 Å². The smallest absolute Gasteiger partial charge is 0.258 e. The van der Waals surface area contributed by atoms with Gasteiger partial charge in [-0.15, -0.1) is 11.3 Å². The van der Waals surface area contributed by atoms with E-state index in [1.54, 1.807) is 40.5 Å². The molecule has 3 nitrogen and oxygen atoms in total. The van der Waals surface area contributed by atoms with Gasteiger partial charge in [-0.3, -0.25) is 4.79 Å². The third kappa shape index (κ3) is 3.62. The van der Waals surface area contributed by atoms with E-state index in [1.165, 1.54) is 0 Å². The number of nitriles is 1. The number of benzene rings is 2. The minimum atomic E-state index is -0.0584. The van der Waals surface area contributed by atoms with Gasteiger partial charge in [0, 0.05) is 21.9 Å². The zero-order valence-corrected chi connectivity index (χ0v) is 15.0. The van der Waals surface area contributed by atoms with Gasteiger partial charge in [-0.05, 0) is 49.7 Å². The topological polar surface area (TPSA) is 44.1 Å². The van der Waals surface area contributed by atoms with Crippen molar-refractivity contribution in [2.45, 2.75) is 19.9 Å². The van der Waals surface area contributed by atoms with Crippen molar-refractivity contribution in [3.8, 4) is 16.5 Å². The molecule has 1 heterocycles. The number of hydrogen-bond donors (Lipinski definition) is 0. The minimum Gasteiger partial charge on any atom is -0.305 e. The van der Waals surface area contributed by atoms with Crippen molar-refractivity contribution in [1.29, 1.82) is 5.26 Å². The Labute approximate surface area is 151 Å². The second-order valence-electron chi connectivity index (χ2n) is 5.99. The zero-order valence-electron chi connectivity index (χ0n) is 14.1. The first-order valence-electron chi connectivity index (χ1n) is 8.08. The average Bonchev–Trinajstić information content (AvgIpc) is 3.12. The van der Waals surface area contributed by atoms with Crippen LogP contribution >= 0.6 is 11.3 Å². The molecule has 0 radical (unpaired) electrons. The Morgan fingerprint density at radius 1 is 1.08 bits per heavy atom. The summed E-state index contributed by atoms with van der Waals surface area (Å²) in [7, 11) is 0. The fourth-order valence-electron chi connectivity index (χ4n) is 2.68. The van der Waals surface area contributed by atoms with Crippen LogP contribution < -0.4 is 4.90 Å². The van der Waals surface area contributed by atoms with E-state index in [0.717, 1.165) is 16.1 Å². The quantitative estimate of drug-likeness (QED) is 0.640. The molecule has 0 unspecified atom stereocenters. The predicted octanol–water partition coefficient (Wildman–Crippen LogP) is 5.34. The van der Waals surface area contributed by atoms with Crippen LogP contribution in [0.2, 0.25) is 0 Å². The number of nitrogens with zero attached hydrogens (tertiary/aromatic N) is 2. The average molecular weight is 346 g/mol. The second-order valence-corrected chi connectivity index (χ2v) is 6.90. The number of rotatable bonds is 4. The molecule has 0 aliphatic heterocycles. The molecule has 0 saturated heterocycles. The largest absolute Gasteiger partial charge is 0.305 e. The van der Waals surface area contributed by atoms with Crippen molar-refractivity contribution in [2.24, 2.45) is 0 Å². The highest BCUT2D eigenvalue weighted by molar-refractivity contribution is 7.14. The molecule has 3 rings (SSSR count). The Hall–Kier alpha value is -2.90. The molecule has 0 atom stereocenters. The summed E-state index contributed by atoms with van der Waals surface area (Å²) in [4.78, 5) is 15.9. The maximum absolute atomic E-state index is 13.0. The molecule has 1 aromatic heterocycles. The molecule has 124 valence electrons. The Balaban J connectivity index is 1.92. The Bertz CT molecular complexity index is 905. The van der Waals surface area contributed by atoms with Crippen LogP contribution in [0.4, 0.5) is 5.69 Å². The summed E-state index contributed by atoms with van der Waals surface area (Å²) >= 11 is 1.63. The summed E-state index contributed by atoms with van der Waals surface area (Å²) < 4.78 is 0. The van der Waals surface area contributed by atoms with E-state index in [2.05, 4.69) is 24.3 Å². The predicted molar refractivity (Wildman–Crippen MR) is 103 cm³/mol. The number of anilines is 1. The lowest BCUT2D eigenvalue weighted by molar-refractivity contribution is 0.0980. The molecule has 3 aromatic rings. The van der Waals surface area contributed by atoms with Gasteiger partial charge in [-0.2, -0.15) is 5.26 Å². The molecule has 25 heavy (non-hydrogen) atoms. The van der Waals surface area contributed by atoms with Crippen molar-refractivity contribution in [3.05, 3.63) is 77.2 Å². The van der Waals surface area contributed by atoms with Crippen molar-refractivity contribution in [3.63, 3.8) is 0 Å². The van der Waals surface area contributed by atoms with E-state index in [4.69, 9.17) is 5.26 Å². The van der Waals surface area contributed by atoms with Gasteiger partial charge in [0.25, 0.3) is 5.91 Å². The van der Waals surface area contributed by atoms with E-state index in [1.807, 2.05) is 37.4 Å². The summed E-state index contributed by atoms with van der Waals surface area (Å²) in [6.45, 7) is 4.00. The first-order valence-corrected chi connectivity index (χ1v) is 8.96. The number of carbonyl (C=O) groups excluding carboxylic acids is 1. The van der Waals surface area contributed by atoms with Gasteiger partial charge >= 0.3 is 0 Å². The first kappa shape index (κ1) is 16.9. The third-order valence-electron chi connectivity index (χ3n) is 3.92. The van der Waals surface area contributed by atoms with Gasteiger partial charge in [0.1, 0.15) is 0 Å². The molecule has 0 N–H and O–H groups in total. The van der Waals surface area contributed by atoms with Crippen LogP contribution in [0.3, 0.4) is 0 Å². The maximum atomic E-state index is 13.0. The highest BCUT2D eigenvalue weighted by atomic mass is 32.1. The maximum Gasteiger partial charge on any atom is 0.258 e. The monoisotopic (exact) mass is 346 g/mol. The molecule has 1 amide bonds. The molecule has 0 aliphatic rings. The molecular formula is C21H18N2OS. The summed E-state index contributed by atoms with van der Waals surface area (Å²) in [5, 5.41) is 10.9. The first-order chi connectivity index (χ1) is 12.1. The highest BCUT2D eigenvalue weighted by Crippen LogP contribution is 2.33. The summed E-state index contributed by atoms with van der Waals surface area (Å²) in [5.74, 6) is -0.0584. The van der Waals surface area contributed by atoms with Gasteiger partial charge < -0.3 is 4.90 Å². The Morgan fingerprint density at radius 3 is 2.36 bits per heavy atom. The van der Waals surface area contributed by atoms with Gasteiger partial charge in [0.05, 0.1) is 17.3 Å². The molecule has 0 saturated carbocycles. The van der Waals surface area contributed by atoms with Crippen molar-refractivity contribution >= 4 is 22.9 Å².